The molecule has 0 aromatic heterocycles. The maximum atomic E-state index is 10.3. The topological polar surface area (TPSA) is 35.5 Å². The van der Waals surface area contributed by atoms with Crippen molar-refractivity contribution in [2.24, 2.45) is 0 Å². The van der Waals surface area contributed by atoms with Gasteiger partial charge in [0.05, 0.1) is 16.3 Å². The fourth-order valence-electron chi connectivity index (χ4n) is 3.01. The first kappa shape index (κ1) is 14.2. The Morgan fingerprint density at radius 1 is 1.45 bits per heavy atom. The van der Waals surface area contributed by atoms with Crippen molar-refractivity contribution < 1.29 is 5.11 Å². The highest BCUT2D eigenvalue weighted by Gasteiger charge is 2.30. The number of hydrogen-bond acceptors (Lipinski definition) is 3. The summed E-state index contributed by atoms with van der Waals surface area (Å²) in [5.41, 5.74) is 1.72. The summed E-state index contributed by atoms with van der Waals surface area (Å²) in [5, 5.41) is 14.7. The van der Waals surface area contributed by atoms with E-state index >= 15 is 0 Å². The molecule has 1 saturated heterocycles. The highest BCUT2D eigenvalue weighted by molar-refractivity contribution is 6.33. The molecule has 3 rings (SSSR count). The van der Waals surface area contributed by atoms with Crippen LogP contribution >= 0.6 is 11.6 Å². The van der Waals surface area contributed by atoms with Gasteiger partial charge in [0.25, 0.3) is 0 Å². The summed E-state index contributed by atoms with van der Waals surface area (Å²) in [6, 6.07) is 6.78. The van der Waals surface area contributed by atoms with Gasteiger partial charge in [-0.05, 0) is 44.2 Å². The molecule has 110 valence electrons. The first-order valence-corrected chi connectivity index (χ1v) is 7.91. The zero-order chi connectivity index (χ0) is 14.2. The molecule has 1 unspecified atom stereocenters. The Labute approximate surface area is 125 Å². The van der Waals surface area contributed by atoms with Crippen molar-refractivity contribution >= 4 is 17.3 Å². The van der Waals surface area contributed by atoms with E-state index in [2.05, 4.69) is 16.3 Å². The van der Waals surface area contributed by atoms with Gasteiger partial charge in [-0.2, -0.15) is 0 Å². The van der Waals surface area contributed by atoms with Crippen LogP contribution in [0.3, 0.4) is 0 Å². The van der Waals surface area contributed by atoms with Gasteiger partial charge >= 0.3 is 0 Å². The number of β-amino-alcohol motifs (C(OH)–C–C–N with tert-alkyl or cyclic N) is 1. The van der Waals surface area contributed by atoms with E-state index in [1.165, 1.54) is 18.4 Å². The normalized spacial score (nSPS) is 26.9. The third kappa shape index (κ3) is 3.27. The first-order chi connectivity index (χ1) is 9.55. The Morgan fingerprint density at radius 2 is 2.25 bits per heavy atom. The van der Waals surface area contributed by atoms with E-state index in [4.69, 9.17) is 11.6 Å². The van der Waals surface area contributed by atoms with E-state index in [-0.39, 0.29) is 0 Å². The van der Waals surface area contributed by atoms with Crippen LogP contribution in [0, 0.1) is 0 Å². The molecule has 2 aliphatic rings. The quantitative estimate of drug-likeness (QED) is 0.896. The number of para-hydroxylation sites is 1. The summed E-state index contributed by atoms with van der Waals surface area (Å²) in [6.07, 6.45) is 4.44. The van der Waals surface area contributed by atoms with E-state index in [1.54, 1.807) is 0 Å². The summed E-state index contributed by atoms with van der Waals surface area (Å²) in [7, 11) is 0. The molecule has 1 aliphatic carbocycles. The molecule has 1 aliphatic heterocycles. The van der Waals surface area contributed by atoms with E-state index < -0.39 is 5.60 Å². The highest BCUT2D eigenvalue weighted by atomic mass is 35.5. The molecule has 2 N–H and O–H groups in total. The molecular weight excluding hydrogens is 272 g/mol. The predicted molar refractivity (Wildman–Crippen MR) is 83.4 cm³/mol. The van der Waals surface area contributed by atoms with Gasteiger partial charge in [0.2, 0.25) is 0 Å². The molecule has 1 aromatic rings. The van der Waals surface area contributed by atoms with Crippen LogP contribution in [0.5, 0.6) is 0 Å². The molecule has 0 radical (unpaired) electrons. The second kappa shape index (κ2) is 5.55. The predicted octanol–water partition coefficient (Wildman–Crippen LogP) is 2.94. The summed E-state index contributed by atoms with van der Waals surface area (Å²) >= 11 is 6.44. The minimum atomic E-state index is -0.612. The van der Waals surface area contributed by atoms with Crippen molar-refractivity contribution in [3.05, 3.63) is 28.8 Å². The number of piperidine rings is 1. The van der Waals surface area contributed by atoms with Crippen molar-refractivity contribution in [3.8, 4) is 0 Å². The van der Waals surface area contributed by atoms with Gasteiger partial charge in [-0.3, -0.25) is 0 Å². The van der Waals surface area contributed by atoms with Crippen LogP contribution in [0.4, 0.5) is 5.69 Å². The number of nitrogens with one attached hydrogen (secondary N) is 1. The second-order valence-corrected chi connectivity index (χ2v) is 6.83. The Kier molecular flexibility index (Phi) is 3.93. The molecular formula is C16H23ClN2O. The standard InChI is InChI=1S/C16H23ClN2O/c1-16(20)8-3-9-19(11-16)15-12(4-2-5-14(15)17)10-18-13-6-7-13/h2,4-5,13,18,20H,3,6-11H2,1H3. The number of hydrogen-bond donors (Lipinski definition) is 2. The Balaban J connectivity index is 1.82. The van der Waals surface area contributed by atoms with Crippen LogP contribution in [0.15, 0.2) is 18.2 Å². The molecule has 0 bridgehead atoms. The van der Waals surface area contributed by atoms with E-state index in [9.17, 15) is 5.11 Å². The van der Waals surface area contributed by atoms with Gasteiger partial charge in [0, 0.05) is 25.7 Å². The largest absolute Gasteiger partial charge is 0.388 e. The molecule has 3 nitrogen and oxygen atoms in total. The van der Waals surface area contributed by atoms with Gasteiger partial charge < -0.3 is 15.3 Å². The van der Waals surface area contributed by atoms with Crippen LogP contribution in [-0.4, -0.2) is 29.8 Å². The monoisotopic (exact) mass is 294 g/mol. The number of halogens is 1. The molecule has 4 heteroatoms. The van der Waals surface area contributed by atoms with Crippen molar-refractivity contribution in [1.82, 2.24) is 5.32 Å². The lowest BCUT2D eigenvalue weighted by atomic mass is 9.94. The number of rotatable bonds is 4. The zero-order valence-electron chi connectivity index (χ0n) is 12.0. The summed E-state index contributed by atoms with van der Waals surface area (Å²) in [5.74, 6) is 0. The minimum Gasteiger partial charge on any atom is -0.388 e. The van der Waals surface area contributed by atoms with Gasteiger partial charge in [-0.1, -0.05) is 23.7 Å². The summed E-state index contributed by atoms with van der Waals surface area (Å²) in [6.45, 7) is 4.40. The lowest BCUT2D eigenvalue weighted by molar-refractivity contribution is 0.0449. The molecule has 20 heavy (non-hydrogen) atoms. The average molecular weight is 295 g/mol. The van der Waals surface area contributed by atoms with Crippen LogP contribution in [0.1, 0.15) is 38.2 Å². The number of benzene rings is 1. The molecule has 1 aromatic carbocycles. The Bertz CT molecular complexity index is 485. The fraction of sp³-hybridized carbons (Fsp3) is 0.625. The van der Waals surface area contributed by atoms with Gasteiger partial charge in [-0.25, -0.2) is 0 Å². The lowest BCUT2D eigenvalue weighted by Crippen LogP contribution is -2.46. The zero-order valence-corrected chi connectivity index (χ0v) is 12.8. The molecule has 1 atom stereocenters. The molecule has 1 saturated carbocycles. The number of anilines is 1. The maximum Gasteiger partial charge on any atom is 0.0794 e. The van der Waals surface area contributed by atoms with E-state index in [1.807, 2.05) is 19.1 Å². The lowest BCUT2D eigenvalue weighted by Gasteiger charge is -2.39. The van der Waals surface area contributed by atoms with Crippen molar-refractivity contribution in [3.63, 3.8) is 0 Å². The van der Waals surface area contributed by atoms with Gasteiger partial charge in [-0.15, -0.1) is 0 Å². The SMILES string of the molecule is CC1(O)CCCN(c2c(Cl)cccc2CNC2CC2)C1. The third-order valence-corrected chi connectivity index (χ3v) is 4.52. The van der Waals surface area contributed by atoms with Crippen LogP contribution in [0.2, 0.25) is 5.02 Å². The van der Waals surface area contributed by atoms with Crippen LogP contribution in [0.25, 0.3) is 0 Å². The smallest absolute Gasteiger partial charge is 0.0794 e. The summed E-state index contributed by atoms with van der Waals surface area (Å²) < 4.78 is 0. The Hall–Kier alpha value is -0.770. The number of nitrogens with zero attached hydrogens (tertiary/aromatic N) is 1. The van der Waals surface area contributed by atoms with Gasteiger partial charge in [0.1, 0.15) is 0 Å². The summed E-state index contributed by atoms with van der Waals surface area (Å²) in [4.78, 5) is 2.25. The minimum absolute atomic E-state index is 0.612. The second-order valence-electron chi connectivity index (χ2n) is 6.42. The van der Waals surface area contributed by atoms with Gasteiger partial charge in [0.15, 0.2) is 0 Å². The number of aliphatic hydroxyl groups is 1. The van der Waals surface area contributed by atoms with Crippen LogP contribution < -0.4 is 10.2 Å². The molecule has 2 fully saturated rings. The first-order valence-electron chi connectivity index (χ1n) is 7.53. The van der Waals surface area contributed by atoms with E-state index in [0.29, 0.717) is 12.6 Å². The van der Waals surface area contributed by atoms with Crippen molar-refractivity contribution in [2.75, 3.05) is 18.0 Å². The van der Waals surface area contributed by atoms with E-state index in [0.717, 1.165) is 36.6 Å². The highest BCUT2D eigenvalue weighted by Crippen LogP contribution is 2.34. The fourth-order valence-corrected chi connectivity index (χ4v) is 3.32. The molecule has 0 amide bonds. The molecule has 1 heterocycles. The Morgan fingerprint density at radius 3 is 2.95 bits per heavy atom. The molecule has 0 spiro atoms. The third-order valence-electron chi connectivity index (χ3n) is 4.22. The maximum absolute atomic E-state index is 10.3. The van der Waals surface area contributed by atoms with Crippen molar-refractivity contribution in [2.45, 2.75) is 50.8 Å². The van der Waals surface area contributed by atoms with Crippen molar-refractivity contribution in [1.29, 1.82) is 0 Å². The van der Waals surface area contributed by atoms with Crippen LogP contribution in [-0.2, 0) is 6.54 Å². The average Bonchev–Trinajstić information content (AvgIpc) is 3.19.